The van der Waals surface area contributed by atoms with Gasteiger partial charge in [0, 0.05) is 44.4 Å². The van der Waals surface area contributed by atoms with Crippen molar-refractivity contribution in [2.24, 2.45) is 0 Å². The maximum Gasteiger partial charge on any atom is 0.143 e. The minimum atomic E-state index is -0.679. The van der Waals surface area contributed by atoms with Crippen molar-refractivity contribution in [2.75, 3.05) is 4.90 Å². The van der Waals surface area contributed by atoms with Gasteiger partial charge in [0.2, 0.25) is 0 Å². The number of hydrogen-bond donors (Lipinski definition) is 0. The average Bonchev–Trinajstić information content (AvgIpc) is 1.40. The third-order valence-corrected chi connectivity index (χ3v) is 22.5. The number of nitrogens with zero attached hydrogens (tertiary/aromatic N) is 1. The van der Waals surface area contributed by atoms with E-state index >= 15 is 0 Å². The summed E-state index contributed by atoms with van der Waals surface area (Å²) in [5.41, 5.74) is 29.7. The highest BCUT2D eigenvalue weighted by Gasteiger charge is 2.54. The van der Waals surface area contributed by atoms with Gasteiger partial charge in [0.05, 0.1) is 16.5 Å². The van der Waals surface area contributed by atoms with Gasteiger partial charge >= 0.3 is 0 Å². The van der Waals surface area contributed by atoms with Gasteiger partial charge in [0.1, 0.15) is 22.7 Å². The molecule has 2 spiro atoms. The van der Waals surface area contributed by atoms with E-state index in [0.717, 1.165) is 61.6 Å². The van der Waals surface area contributed by atoms with Crippen molar-refractivity contribution in [1.29, 1.82) is 0 Å². The van der Waals surface area contributed by atoms with E-state index in [1.54, 1.807) is 0 Å². The van der Waals surface area contributed by atoms with E-state index in [1.165, 1.54) is 164 Å². The molecule has 5 aliphatic carbocycles. The maximum absolute atomic E-state index is 7.37. The molecule has 6 aliphatic rings. The Hall–Kier alpha value is -9.18. The molecule has 0 N–H and O–H groups in total. The summed E-state index contributed by atoms with van der Waals surface area (Å²) < 4.78 is 14.4. The van der Waals surface area contributed by atoms with Crippen LogP contribution >= 0.6 is 0 Å². The van der Waals surface area contributed by atoms with Gasteiger partial charge in [-0.05, 0) is 186 Å². The molecule has 18 rings (SSSR count). The first kappa shape index (κ1) is 54.7. The molecule has 1 aromatic heterocycles. The van der Waals surface area contributed by atoms with Gasteiger partial charge < -0.3 is 14.1 Å². The lowest BCUT2D eigenvalue weighted by atomic mass is 9.65. The Labute approximate surface area is 536 Å². The van der Waals surface area contributed by atoms with E-state index < -0.39 is 10.8 Å². The van der Waals surface area contributed by atoms with Gasteiger partial charge in [0.25, 0.3) is 0 Å². The highest BCUT2D eigenvalue weighted by molar-refractivity contribution is 6.11. The maximum atomic E-state index is 7.37. The number of para-hydroxylation sites is 4. The van der Waals surface area contributed by atoms with Crippen molar-refractivity contribution in [3.63, 3.8) is 0 Å². The Kier molecular flexibility index (Phi) is 12.1. The number of anilines is 3. The Morgan fingerprint density at radius 3 is 1.43 bits per heavy atom. The van der Waals surface area contributed by atoms with Crippen molar-refractivity contribution >= 4 is 39.0 Å². The fraction of sp³-hybridized carbons (Fsp3) is 0.250. The van der Waals surface area contributed by atoms with Crippen molar-refractivity contribution in [3.05, 3.63) is 291 Å². The largest absolute Gasteiger partial charge is 0.457 e. The third kappa shape index (κ3) is 7.98. The second-order valence-electron chi connectivity index (χ2n) is 29.5. The fourth-order valence-electron chi connectivity index (χ4n) is 18.0. The highest BCUT2D eigenvalue weighted by atomic mass is 16.5. The van der Waals surface area contributed by atoms with E-state index in [4.69, 9.17) is 9.15 Å². The number of ether oxygens (including phenoxy) is 1. The number of furan rings is 1. The predicted molar refractivity (Wildman–Crippen MR) is 377 cm³/mol. The first-order valence-electron chi connectivity index (χ1n) is 33.9. The van der Waals surface area contributed by atoms with Crippen molar-refractivity contribution < 1.29 is 9.15 Å². The highest BCUT2D eigenvalue weighted by Crippen LogP contribution is 2.67. The Bertz CT molecular complexity index is 4850. The van der Waals surface area contributed by atoms with Crippen LogP contribution in [0.1, 0.15) is 184 Å². The van der Waals surface area contributed by atoms with Crippen molar-refractivity contribution in [1.82, 2.24) is 0 Å². The molecule has 446 valence electrons. The second-order valence-corrected chi connectivity index (χ2v) is 29.5. The first-order valence-corrected chi connectivity index (χ1v) is 33.9. The van der Waals surface area contributed by atoms with Crippen LogP contribution in [0.4, 0.5) is 17.1 Å². The lowest BCUT2D eigenvalue weighted by molar-refractivity contribution is 0.433. The van der Waals surface area contributed by atoms with Crippen LogP contribution in [0.25, 0.3) is 66.4 Å². The Morgan fingerprint density at radius 2 is 0.791 bits per heavy atom. The summed E-state index contributed by atoms with van der Waals surface area (Å²) in [7, 11) is 0. The lowest BCUT2D eigenvalue weighted by Gasteiger charge is -2.41. The quantitative estimate of drug-likeness (QED) is 0.166. The van der Waals surface area contributed by atoms with Gasteiger partial charge in [-0.2, -0.15) is 0 Å². The van der Waals surface area contributed by atoms with Crippen LogP contribution in [0, 0.1) is 0 Å². The molecule has 3 nitrogen and oxygen atoms in total. The first-order chi connectivity index (χ1) is 44.4. The molecule has 3 heteroatoms. The molecular formula is C88H77NO2. The van der Waals surface area contributed by atoms with Gasteiger partial charge in [-0.25, -0.2) is 0 Å². The zero-order valence-corrected chi connectivity index (χ0v) is 53.4. The number of hydrogen-bond acceptors (Lipinski definition) is 3. The van der Waals surface area contributed by atoms with E-state index in [9.17, 15) is 0 Å². The summed E-state index contributed by atoms with van der Waals surface area (Å²) in [5, 5.41) is 2.23. The Morgan fingerprint density at radius 1 is 0.341 bits per heavy atom. The molecule has 91 heavy (non-hydrogen) atoms. The molecule has 2 heterocycles. The van der Waals surface area contributed by atoms with E-state index in [2.05, 4.69) is 271 Å². The topological polar surface area (TPSA) is 25.6 Å². The van der Waals surface area contributed by atoms with Gasteiger partial charge in [-0.1, -0.05) is 256 Å². The normalized spacial score (nSPS) is 16.6. The minimum Gasteiger partial charge on any atom is -0.457 e. The molecular weight excluding hydrogens is 1100 g/mol. The lowest BCUT2D eigenvalue weighted by Crippen LogP contribution is -2.33. The number of fused-ring (bicyclic) bond motifs is 22. The summed E-state index contributed by atoms with van der Waals surface area (Å²) in [4.78, 5) is 2.59. The molecule has 0 radical (unpaired) electrons. The zero-order chi connectivity index (χ0) is 61.1. The van der Waals surface area contributed by atoms with Gasteiger partial charge in [-0.15, -0.1) is 0 Å². The summed E-state index contributed by atoms with van der Waals surface area (Å²) in [6, 6.07) is 87.3. The molecule has 0 atom stereocenters. The summed E-state index contributed by atoms with van der Waals surface area (Å²) in [5.74, 6) is 2.91. The summed E-state index contributed by atoms with van der Waals surface area (Å²) in [6.07, 6.45) is 12.7. The SMILES string of the molecule is CC(C)(C)c1ccc2c(c1)C1(c3ccccc3-c3ccc(N(c4ccc5c(c4)C4(c6ccccc6O5)c5cc(C6CCCCC6)ccc5-c5ccc(C6CCCCC6)cc54)c4ccccc4-c4cccc5c4oc4ccccc45)cc31)c1cc(C(C)(C)C)ccc1-2. The van der Waals surface area contributed by atoms with Crippen LogP contribution in [-0.2, 0) is 21.7 Å². The second kappa shape index (κ2) is 20.2. The van der Waals surface area contributed by atoms with Crippen LogP contribution < -0.4 is 9.64 Å². The summed E-state index contributed by atoms with van der Waals surface area (Å²) >= 11 is 0. The predicted octanol–water partition coefficient (Wildman–Crippen LogP) is 24.2. The van der Waals surface area contributed by atoms with Crippen LogP contribution in [0.15, 0.2) is 229 Å². The molecule has 0 amide bonds. The van der Waals surface area contributed by atoms with Crippen molar-refractivity contribution in [3.8, 4) is 56.0 Å². The molecule has 0 unspecified atom stereocenters. The van der Waals surface area contributed by atoms with Crippen LogP contribution in [-0.4, -0.2) is 0 Å². The molecule has 2 fully saturated rings. The summed E-state index contributed by atoms with van der Waals surface area (Å²) in [6.45, 7) is 14.2. The smallest absolute Gasteiger partial charge is 0.143 e. The average molecular weight is 1180 g/mol. The zero-order valence-electron chi connectivity index (χ0n) is 53.4. The Balaban J connectivity index is 0.931. The van der Waals surface area contributed by atoms with Gasteiger partial charge in [-0.3, -0.25) is 0 Å². The van der Waals surface area contributed by atoms with Crippen LogP contribution in [0.2, 0.25) is 0 Å². The standard InChI is InChI=1S/C88H77NO2/c1-85(2,3)58-38-44-65-66-45-39-59(86(4,5)6)51-77(66)87(76(65)50-58)72-31-16-13-26-62(72)67-46-40-60(52-78(67)87)89(80-33-18-14-27-68(80)70-29-21-30-71-69-28-15-19-34-81(69)91-84(70)71)61-41-47-83-79(53-61)88(73-32-17-20-35-82(73)90-83)74-48-56(54-22-9-7-10-23-54)36-42-63(74)64-43-37-57(49-75(64)88)55-24-11-8-12-25-55/h13-21,26-55H,7-12,22-25H2,1-6H3. The molecule has 12 aromatic rings. The van der Waals surface area contributed by atoms with Crippen molar-refractivity contribution in [2.45, 2.75) is 139 Å². The van der Waals surface area contributed by atoms with E-state index in [1.807, 2.05) is 0 Å². The third-order valence-electron chi connectivity index (χ3n) is 22.5. The molecule has 0 saturated heterocycles. The van der Waals surface area contributed by atoms with Crippen LogP contribution in [0.5, 0.6) is 11.5 Å². The molecule has 11 aromatic carbocycles. The minimum absolute atomic E-state index is 0.0726. The molecule has 1 aliphatic heterocycles. The van der Waals surface area contributed by atoms with Crippen LogP contribution in [0.3, 0.4) is 0 Å². The molecule has 0 bridgehead atoms. The van der Waals surface area contributed by atoms with E-state index in [0.29, 0.717) is 11.8 Å². The van der Waals surface area contributed by atoms with E-state index in [-0.39, 0.29) is 10.8 Å². The number of benzene rings is 11. The number of rotatable bonds is 6. The van der Waals surface area contributed by atoms with Gasteiger partial charge in [0.15, 0.2) is 0 Å². The molecule has 2 saturated carbocycles. The fourth-order valence-corrected chi connectivity index (χ4v) is 18.0. The monoisotopic (exact) mass is 1180 g/mol.